The van der Waals surface area contributed by atoms with Crippen LogP contribution in [-0.4, -0.2) is 39.8 Å². The van der Waals surface area contributed by atoms with Crippen molar-refractivity contribution in [2.75, 3.05) is 13.2 Å². The standard InChI is InChI=1S/C21H21N5O5S/c1-10-11(2)25-26(4)21(29)16(10)20-22-12(3)17(32-20)19(28)24-23-18(27)13-5-6-14-15(9-13)31-8-7-30-14/h5-6,9H,7-8H2,1-4H3,(H,23,27)(H,24,28). The van der Waals surface area contributed by atoms with E-state index in [1.54, 1.807) is 46.0 Å². The third kappa shape index (κ3) is 3.94. The zero-order chi connectivity index (χ0) is 23.0. The SMILES string of the molecule is Cc1nc(-c2c(C)c(C)nn(C)c2=O)sc1C(=O)NNC(=O)c1ccc2c(c1)OCCO2. The molecule has 0 saturated heterocycles. The van der Waals surface area contributed by atoms with E-state index in [9.17, 15) is 14.4 Å². The van der Waals surface area contributed by atoms with Crippen molar-refractivity contribution in [3.8, 4) is 22.1 Å². The number of benzene rings is 1. The highest BCUT2D eigenvalue weighted by Crippen LogP contribution is 2.31. The van der Waals surface area contributed by atoms with Crippen LogP contribution >= 0.6 is 11.3 Å². The Morgan fingerprint density at radius 2 is 1.72 bits per heavy atom. The maximum Gasteiger partial charge on any atom is 0.281 e. The lowest BCUT2D eigenvalue weighted by molar-refractivity contribution is 0.0848. The maximum absolute atomic E-state index is 12.7. The molecule has 0 aliphatic carbocycles. The van der Waals surface area contributed by atoms with Crippen LogP contribution in [0.2, 0.25) is 0 Å². The van der Waals surface area contributed by atoms with Crippen molar-refractivity contribution in [3.05, 3.63) is 55.9 Å². The van der Waals surface area contributed by atoms with Crippen LogP contribution in [0.25, 0.3) is 10.6 Å². The van der Waals surface area contributed by atoms with Gasteiger partial charge in [-0.2, -0.15) is 5.10 Å². The first-order valence-electron chi connectivity index (χ1n) is 9.79. The Balaban J connectivity index is 1.51. The number of fused-ring (bicyclic) bond motifs is 1. The fraction of sp³-hybridized carbons (Fsp3) is 0.286. The van der Waals surface area contributed by atoms with Crippen molar-refractivity contribution in [2.45, 2.75) is 20.8 Å². The molecule has 11 heteroatoms. The van der Waals surface area contributed by atoms with Gasteiger partial charge in [0.25, 0.3) is 17.4 Å². The van der Waals surface area contributed by atoms with Crippen molar-refractivity contribution >= 4 is 23.2 Å². The third-order valence-electron chi connectivity index (χ3n) is 5.04. The molecule has 0 bridgehead atoms. The van der Waals surface area contributed by atoms with Gasteiger partial charge in [-0.05, 0) is 44.5 Å². The Hall–Kier alpha value is -3.73. The summed E-state index contributed by atoms with van der Waals surface area (Å²) in [7, 11) is 1.57. The number of thiazole rings is 1. The number of aromatic nitrogens is 3. The lowest BCUT2D eigenvalue weighted by atomic mass is 10.1. The molecule has 2 aromatic heterocycles. The van der Waals surface area contributed by atoms with E-state index in [1.807, 2.05) is 0 Å². The van der Waals surface area contributed by atoms with Gasteiger partial charge < -0.3 is 9.47 Å². The summed E-state index contributed by atoms with van der Waals surface area (Å²) in [5.74, 6) is 0.00443. The fourth-order valence-electron chi connectivity index (χ4n) is 3.24. The number of amides is 2. The molecule has 2 N–H and O–H groups in total. The van der Waals surface area contributed by atoms with Gasteiger partial charge in [0.2, 0.25) is 0 Å². The third-order valence-corrected chi connectivity index (χ3v) is 6.21. The number of nitrogens with zero attached hydrogens (tertiary/aromatic N) is 3. The van der Waals surface area contributed by atoms with E-state index >= 15 is 0 Å². The van der Waals surface area contributed by atoms with Crippen LogP contribution < -0.4 is 25.9 Å². The largest absolute Gasteiger partial charge is 0.486 e. The topological polar surface area (TPSA) is 124 Å². The molecule has 0 saturated carbocycles. The van der Waals surface area contributed by atoms with Gasteiger partial charge in [0, 0.05) is 12.6 Å². The van der Waals surface area contributed by atoms with E-state index in [1.165, 1.54) is 4.68 Å². The molecule has 0 radical (unpaired) electrons. The first kappa shape index (κ1) is 21.5. The molecular weight excluding hydrogens is 434 g/mol. The molecule has 1 aliphatic rings. The smallest absolute Gasteiger partial charge is 0.281 e. The quantitative estimate of drug-likeness (QED) is 0.576. The number of nitrogens with one attached hydrogen (secondary N) is 2. The first-order valence-corrected chi connectivity index (χ1v) is 10.6. The molecule has 1 aromatic carbocycles. The van der Waals surface area contributed by atoms with E-state index in [-0.39, 0.29) is 5.56 Å². The Kier molecular flexibility index (Phi) is 5.66. The summed E-state index contributed by atoms with van der Waals surface area (Å²) < 4.78 is 12.2. The second-order valence-electron chi connectivity index (χ2n) is 7.21. The van der Waals surface area contributed by atoms with Crippen LogP contribution in [0.1, 0.15) is 37.0 Å². The molecule has 10 nitrogen and oxygen atoms in total. The van der Waals surface area contributed by atoms with Crippen LogP contribution in [0.5, 0.6) is 11.5 Å². The zero-order valence-corrected chi connectivity index (χ0v) is 18.8. The predicted molar refractivity (Wildman–Crippen MR) is 117 cm³/mol. The number of ether oxygens (including phenoxy) is 2. The van der Waals surface area contributed by atoms with Crippen molar-refractivity contribution in [1.82, 2.24) is 25.6 Å². The van der Waals surface area contributed by atoms with Crippen LogP contribution in [0.4, 0.5) is 0 Å². The second-order valence-corrected chi connectivity index (χ2v) is 8.21. The molecule has 3 aromatic rings. The second kappa shape index (κ2) is 8.42. The molecule has 0 fully saturated rings. The average molecular weight is 455 g/mol. The normalized spacial score (nSPS) is 12.4. The first-order chi connectivity index (χ1) is 15.3. The Morgan fingerprint density at radius 1 is 1.03 bits per heavy atom. The summed E-state index contributed by atoms with van der Waals surface area (Å²) in [6.45, 7) is 6.13. The highest BCUT2D eigenvalue weighted by molar-refractivity contribution is 7.17. The van der Waals surface area contributed by atoms with E-state index < -0.39 is 11.8 Å². The van der Waals surface area contributed by atoms with Gasteiger partial charge in [0.05, 0.1) is 17.0 Å². The van der Waals surface area contributed by atoms with Gasteiger partial charge >= 0.3 is 0 Å². The molecule has 4 rings (SSSR count). The van der Waals surface area contributed by atoms with Crippen molar-refractivity contribution in [1.29, 1.82) is 0 Å². The van der Waals surface area contributed by atoms with Gasteiger partial charge in [-0.25, -0.2) is 9.67 Å². The van der Waals surface area contributed by atoms with Crippen LogP contribution in [0.15, 0.2) is 23.0 Å². The van der Waals surface area contributed by atoms with Crippen molar-refractivity contribution in [2.24, 2.45) is 7.05 Å². The summed E-state index contributed by atoms with van der Waals surface area (Å²) in [5.41, 5.74) is 7.08. The Morgan fingerprint density at radius 3 is 2.47 bits per heavy atom. The zero-order valence-electron chi connectivity index (χ0n) is 17.9. The van der Waals surface area contributed by atoms with Gasteiger partial charge in [-0.3, -0.25) is 25.2 Å². The number of hydrazine groups is 1. The van der Waals surface area contributed by atoms with Gasteiger partial charge in [-0.15, -0.1) is 11.3 Å². The monoisotopic (exact) mass is 455 g/mol. The van der Waals surface area contributed by atoms with Crippen LogP contribution in [-0.2, 0) is 7.05 Å². The summed E-state index contributed by atoms with van der Waals surface area (Å²) in [6, 6.07) is 4.77. The number of aryl methyl sites for hydroxylation is 3. The number of rotatable bonds is 3. The molecular formula is C21H21N5O5S. The average Bonchev–Trinajstić information content (AvgIpc) is 3.16. The van der Waals surface area contributed by atoms with Crippen molar-refractivity contribution < 1.29 is 19.1 Å². The maximum atomic E-state index is 12.7. The van der Waals surface area contributed by atoms with Crippen LogP contribution in [0, 0.1) is 20.8 Å². The van der Waals surface area contributed by atoms with Gasteiger partial charge in [0.1, 0.15) is 23.1 Å². The number of hydrogen-bond acceptors (Lipinski definition) is 8. The number of carbonyl (C=O) groups is 2. The molecule has 2 amide bonds. The predicted octanol–water partition coefficient (Wildman–Crippen LogP) is 1.68. The van der Waals surface area contributed by atoms with E-state index in [4.69, 9.17) is 9.47 Å². The van der Waals surface area contributed by atoms with E-state index in [2.05, 4.69) is 20.9 Å². The minimum Gasteiger partial charge on any atom is -0.486 e. The molecule has 1 aliphatic heterocycles. The Bertz CT molecular complexity index is 1300. The molecule has 0 unspecified atom stereocenters. The summed E-state index contributed by atoms with van der Waals surface area (Å²) in [6.07, 6.45) is 0. The van der Waals surface area contributed by atoms with E-state index in [0.717, 1.165) is 11.3 Å². The summed E-state index contributed by atoms with van der Waals surface area (Å²) in [5, 5.41) is 4.59. The van der Waals surface area contributed by atoms with E-state index in [0.29, 0.717) is 62.7 Å². The summed E-state index contributed by atoms with van der Waals surface area (Å²) in [4.78, 5) is 42.4. The minimum atomic E-state index is -0.530. The molecule has 32 heavy (non-hydrogen) atoms. The van der Waals surface area contributed by atoms with Gasteiger partial charge in [-0.1, -0.05) is 0 Å². The lowest BCUT2D eigenvalue weighted by Gasteiger charge is -2.18. The molecule has 3 heterocycles. The van der Waals surface area contributed by atoms with Crippen molar-refractivity contribution in [3.63, 3.8) is 0 Å². The van der Waals surface area contributed by atoms with Gasteiger partial charge in [0.15, 0.2) is 11.5 Å². The van der Waals surface area contributed by atoms with Crippen LogP contribution in [0.3, 0.4) is 0 Å². The minimum absolute atomic E-state index is 0.290. The Labute approximate surface area is 187 Å². The molecule has 166 valence electrons. The fourth-order valence-corrected chi connectivity index (χ4v) is 4.30. The lowest BCUT2D eigenvalue weighted by Crippen LogP contribution is -2.41. The molecule has 0 atom stereocenters. The highest BCUT2D eigenvalue weighted by Gasteiger charge is 2.22. The number of hydrogen-bond donors (Lipinski definition) is 2. The molecule has 0 spiro atoms. The highest BCUT2D eigenvalue weighted by atomic mass is 32.1. The number of carbonyl (C=O) groups excluding carboxylic acids is 2. The summed E-state index contributed by atoms with van der Waals surface area (Å²) >= 11 is 1.08.